The summed E-state index contributed by atoms with van der Waals surface area (Å²) in [6.45, 7) is 2.09. The number of nitrogens with zero attached hydrogens (tertiary/aromatic N) is 1. The number of aryl methyl sites for hydroxylation is 1. The van der Waals surface area contributed by atoms with E-state index in [-0.39, 0.29) is 24.4 Å². The molecule has 1 amide bonds. The summed E-state index contributed by atoms with van der Waals surface area (Å²) in [6.07, 6.45) is -0.231. The van der Waals surface area contributed by atoms with Gasteiger partial charge in [0, 0.05) is 13.1 Å². The zero-order chi connectivity index (χ0) is 14.3. The first-order valence-electron chi connectivity index (χ1n) is 5.65. The van der Waals surface area contributed by atoms with E-state index in [0.29, 0.717) is 0 Å². The van der Waals surface area contributed by atoms with Crippen LogP contribution >= 0.6 is 0 Å². The Morgan fingerprint density at radius 1 is 1.26 bits per heavy atom. The van der Waals surface area contributed by atoms with Crippen LogP contribution < -0.4 is 10.0 Å². The van der Waals surface area contributed by atoms with Crippen molar-refractivity contribution in [3.05, 3.63) is 29.8 Å². The maximum absolute atomic E-state index is 11.8. The Morgan fingerprint density at radius 2 is 1.89 bits per heavy atom. The number of hydrogen-bond donors (Lipinski definition) is 2. The topological polar surface area (TPSA) is 99.1 Å². The zero-order valence-corrected chi connectivity index (χ0v) is 11.3. The van der Waals surface area contributed by atoms with Gasteiger partial charge in [-0.3, -0.25) is 4.79 Å². The fraction of sp³-hybridized carbons (Fsp3) is 0.333. The van der Waals surface area contributed by atoms with Crippen LogP contribution in [-0.2, 0) is 14.8 Å². The normalized spacial score (nSPS) is 10.7. The van der Waals surface area contributed by atoms with Gasteiger partial charge in [0.2, 0.25) is 15.9 Å². The van der Waals surface area contributed by atoms with E-state index in [0.717, 1.165) is 5.56 Å². The van der Waals surface area contributed by atoms with Gasteiger partial charge in [0.25, 0.3) is 0 Å². The third-order valence-electron chi connectivity index (χ3n) is 2.31. The summed E-state index contributed by atoms with van der Waals surface area (Å²) < 4.78 is 26.0. The summed E-state index contributed by atoms with van der Waals surface area (Å²) in [5.41, 5.74) is 0.975. The minimum absolute atomic E-state index is 0.0768. The minimum Gasteiger partial charge on any atom is -0.354 e. The molecule has 6 nitrogen and oxygen atoms in total. The molecule has 0 aromatic heterocycles. The fourth-order valence-electron chi connectivity index (χ4n) is 1.32. The third-order valence-corrected chi connectivity index (χ3v) is 3.79. The van der Waals surface area contributed by atoms with E-state index >= 15 is 0 Å². The van der Waals surface area contributed by atoms with Crippen molar-refractivity contribution < 1.29 is 13.2 Å². The first-order chi connectivity index (χ1) is 8.95. The summed E-state index contributed by atoms with van der Waals surface area (Å²) in [4.78, 5) is 11.1. The smallest absolute Gasteiger partial charge is 0.240 e. The second kappa shape index (κ2) is 6.87. The highest BCUT2D eigenvalue weighted by Crippen LogP contribution is 2.09. The van der Waals surface area contributed by atoms with Crippen LogP contribution in [-0.4, -0.2) is 27.4 Å². The van der Waals surface area contributed by atoms with Crippen LogP contribution in [0.25, 0.3) is 0 Å². The van der Waals surface area contributed by atoms with Gasteiger partial charge in [-0.1, -0.05) is 17.7 Å². The first-order valence-corrected chi connectivity index (χ1v) is 7.14. The van der Waals surface area contributed by atoms with Gasteiger partial charge in [-0.15, -0.1) is 0 Å². The predicted octanol–water partition coefficient (Wildman–Crippen LogP) is 0.303. The van der Waals surface area contributed by atoms with Crippen molar-refractivity contribution in [2.24, 2.45) is 0 Å². The predicted molar refractivity (Wildman–Crippen MR) is 69.6 cm³/mol. The summed E-state index contributed by atoms with van der Waals surface area (Å²) in [5, 5.41) is 10.7. The molecule has 0 aliphatic carbocycles. The van der Waals surface area contributed by atoms with Crippen LogP contribution in [0.5, 0.6) is 0 Å². The van der Waals surface area contributed by atoms with Crippen LogP contribution in [0.15, 0.2) is 29.2 Å². The number of hydrogen-bond acceptors (Lipinski definition) is 4. The van der Waals surface area contributed by atoms with E-state index in [1.807, 2.05) is 6.92 Å². The monoisotopic (exact) mass is 281 g/mol. The lowest BCUT2D eigenvalue weighted by Gasteiger charge is -2.07. The maximum atomic E-state index is 11.8. The zero-order valence-electron chi connectivity index (χ0n) is 10.5. The van der Waals surface area contributed by atoms with E-state index in [4.69, 9.17) is 5.26 Å². The third kappa shape index (κ3) is 5.07. The molecule has 102 valence electrons. The molecule has 0 fully saturated rings. The van der Waals surface area contributed by atoms with Gasteiger partial charge >= 0.3 is 0 Å². The van der Waals surface area contributed by atoms with Crippen molar-refractivity contribution in [1.82, 2.24) is 10.0 Å². The van der Waals surface area contributed by atoms with Gasteiger partial charge < -0.3 is 5.32 Å². The Hall–Kier alpha value is -1.91. The standard InChI is InChI=1S/C12H15N3O3S/c1-10-2-4-11(5-3-10)19(17,18)15-9-8-14-12(16)6-7-13/h2-5,15H,6,8-9H2,1H3,(H,14,16). The largest absolute Gasteiger partial charge is 0.354 e. The van der Waals surface area contributed by atoms with Crippen LogP contribution in [0.2, 0.25) is 0 Å². The lowest BCUT2D eigenvalue weighted by molar-refractivity contribution is -0.120. The molecule has 0 spiro atoms. The van der Waals surface area contributed by atoms with E-state index in [1.54, 1.807) is 18.2 Å². The van der Waals surface area contributed by atoms with Crippen molar-refractivity contribution in [2.45, 2.75) is 18.2 Å². The number of amides is 1. The van der Waals surface area contributed by atoms with Crippen molar-refractivity contribution in [3.63, 3.8) is 0 Å². The first kappa shape index (κ1) is 15.1. The van der Waals surface area contributed by atoms with Gasteiger partial charge in [0.1, 0.15) is 6.42 Å². The molecule has 0 aliphatic rings. The second-order valence-corrected chi connectivity index (χ2v) is 5.66. The number of nitrogens with one attached hydrogen (secondary N) is 2. The number of rotatable bonds is 6. The molecule has 0 aliphatic heterocycles. The Kier molecular flexibility index (Phi) is 5.48. The molecule has 2 N–H and O–H groups in total. The SMILES string of the molecule is Cc1ccc(S(=O)(=O)NCCNC(=O)CC#N)cc1. The number of carbonyl (C=O) groups is 1. The van der Waals surface area contributed by atoms with Gasteiger partial charge in [-0.2, -0.15) is 5.26 Å². The molecular formula is C12H15N3O3S. The molecule has 0 saturated heterocycles. The average Bonchev–Trinajstić information content (AvgIpc) is 2.36. The lowest BCUT2D eigenvalue weighted by atomic mass is 10.2. The average molecular weight is 281 g/mol. The summed E-state index contributed by atoms with van der Waals surface area (Å²) >= 11 is 0. The summed E-state index contributed by atoms with van der Waals surface area (Å²) in [7, 11) is -3.55. The molecule has 7 heteroatoms. The van der Waals surface area contributed by atoms with Gasteiger partial charge in [0.05, 0.1) is 11.0 Å². The van der Waals surface area contributed by atoms with Crippen LogP contribution in [0.3, 0.4) is 0 Å². The molecule has 1 aromatic rings. The Morgan fingerprint density at radius 3 is 2.47 bits per heavy atom. The van der Waals surface area contributed by atoms with Crippen molar-refractivity contribution in [2.75, 3.05) is 13.1 Å². The highest BCUT2D eigenvalue weighted by molar-refractivity contribution is 7.89. The quantitative estimate of drug-likeness (QED) is 0.733. The van der Waals surface area contributed by atoms with Crippen molar-refractivity contribution >= 4 is 15.9 Å². The molecular weight excluding hydrogens is 266 g/mol. The number of carbonyl (C=O) groups excluding carboxylic acids is 1. The lowest BCUT2D eigenvalue weighted by Crippen LogP contribution is -2.34. The summed E-state index contributed by atoms with van der Waals surface area (Å²) in [5.74, 6) is -0.419. The van der Waals surface area contributed by atoms with Crippen molar-refractivity contribution in [3.8, 4) is 6.07 Å². The fourth-order valence-corrected chi connectivity index (χ4v) is 2.35. The molecule has 0 bridgehead atoms. The van der Waals surface area contributed by atoms with Crippen LogP contribution in [0, 0.1) is 18.3 Å². The second-order valence-electron chi connectivity index (χ2n) is 3.90. The van der Waals surface area contributed by atoms with Crippen molar-refractivity contribution in [1.29, 1.82) is 5.26 Å². The van der Waals surface area contributed by atoms with Gasteiger partial charge in [-0.25, -0.2) is 13.1 Å². The van der Waals surface area contributed by atoms with Gasteiger partial charge in [0.15, 0.2) is 0 Å². The maximum Gasteiger partial charge on any atom is 0.240 e. The highest BCUT2D eigenvalue weighted by Gasteiger charge is 2.12. The van der Waals surface area contributed by atoms with Crippen LogP contribution in [0.4, 0.5) is 0 Å². The molecule has 0 radical (unpaired) electrons. The van der Waals surface area contributed by atoms with Gasteiger partial charge in [-0.05, 0) is 19.1 Å². The molecule has 1 aromatic carbocycles. The van der Waals surface area contributed by atoms with E-state index in [2.05, 4.69) is 10.0 Å². The Balaban J connectivity index is 2.46. The molecule has 0 atom stereocenters. The summed E-state index contributed by atoms with van der Waals surface area (Å²) in [6, 6.07) is 8.17. The number of sulfonamides is 1. The molecule has 0 saturated carbocycles. The van der Waals surface area contributed by atoms with E-state index in [1.165, 1.54) is 12.1 Å². The van der Waals surface area contributed by atoms with Crippen LogP contribution in [0.1, 0.15) is 12.0 Å². The Labute approximate surface area is 112 Å². The highest BCUT2D eigenvalue weighted by atomic mass is 32.2. The molecule has 0 heterocycles. The molecule has 0 unspecified atom stereocenters. The van der Waals surface area contributed by atoms with E-state index < -0.39 is 15.9 Å². The molecule has 1 rings (SSSR count). The number of nitriles is 1. The Bertz CT molecular complexity index is 573. The van der Waals surface area contributed by atoms with E-state index in [9.17, 15) is 13.2 Å². The molecule has 19 heavy (non-hydrogen) atoms. The minimum atomic E-state index is -3.55. The number of benzene rings is 1.